The van der Waals surface area contributed by atoms with Crippen LogP contribution in [-0.4, -0.2) is 40.4 Å². The third kappa shape index (κ3) is 1.14. The van der Waals surface area contributed by atoms with Crippen molar-refractivity contribution in [1.82, 2.24) is 0 Å². The summed E-state index contributed by atoms with van der Waals surface area (Å²) >= 11 is 0. The number of hydrogen-bond acceptors (Lipinski definition) is 0. The van der Waals surface area contributed by atoms with Gasteiger partial charge in [0.25, 0.3) is 11.3 Å². The Kier molecular flexibility index (Phi) is 2.71. The Balaban J connectivity index is 2.28. The quantitative estimate of drug-likeness (QED) is 0.360. The van der Waals surface area contributed by atoms with Crippen LogP contribution >= 0.6 is 0 Å². The number of hydrogen-bond donors (Lipinski definition) is 0. The first-order valence-corrected chi connectivity index (χ1v) is 7.27. The number of rotatable bonds is 0. The highest BCUT2D eigenvalue weighted by molar-refractivity contribution is 5.76. The minimum Gasteiger partial charge on any atom is -0.227 e. The highest BCUT2D eigenvalue weighted by Gasteiger charge is 3.00. The van der Waals surface area contributed by atoms with Crippen LogP contribution in [0.1, 0.15) is 13.8 Å². The van der Waals surface area contributed by atoms with Crippen LogP contribution in [0.25, 0.3) is 0 Å². The van der Waals surface area contributed by atoms with Crippen molar-refractivity contribution >= 4 is 0 Å². The predicted octanol–water partition coefficient (Wildman–Crippen LogP) is 5.56. The summed E-state index contributed by atoms with van der Waals surface area (Å²) in [5.74, 6) is -25.7. The van der Waals surface area contributed by atoms with Crippen LogP contribution in [0.3, 0.4) is 0 Å². The maximum Gasteiger partial charge on any atom is 0.358 e. The number of alkyl halides is 10. The minimum absolute atomic E-state index is 0.402. The number of halogens is 12. The van der Waals surface area contributed by atoms with E-state index in [1.165, 1.54) is 0 Å². The van der Waals surface area contributed by atoms with Crippen LogP contribution in [0.2, 0.25) is 0 Å². The van der Waals surface area contributed by atoms with Crippen LogP contribution in [-0.2, 0) is 0 Å². The van der Waals surface area contributed by atoms with Gasteiger partial charge in [-0.15, -0.1) is 0 Å². The standard InChI is InChI=1S/C15H6F12/c1-3-4(2)10(19)6-5(9(3,18)13(10,22)23)11(20)7(16)8(17)12(6,21)15(26,27)14(11,24)25/h1-2H3/t9-,10+,11+,12-. The molecule has 0 aliphatic heterocycles. The molecule has 5 aliphatic carbocycles. The SMILES string of the molecule is CC1=C(C)[C@]2(F)C3=C([C@]4(F)C(F)=C(F)[C@@]3(F)C(F)(F)C4(F)F)[C@@]1(F)C2(F)F. The third-order valence-electron chi connectivity index (χ3n) is 6.15. The predicted molar refractivity (Wildman–Crippen MR) is 64.8 cm³/mol. The smallest absolute Gasteiger partial charge is 0.227 e. The minimum atomic E-state index is -6.53. The molecular weight excluding hydrogens is 408 g/mol. The Labute approximate surface area is 142 Å². The highest BCUT2D eigenvalue weighted by atomic mass is 19.3. The van der Waals surface area contributed by atoms with Gasteiger partial charge in [-0.3, -0.25) is 0 Å². The second-order valence-electron chi connectivity index (χ2n) is 6.99. The molecule has 5 aliphatic rings. The fourth-order valence-electron chi connectivity index (χ4n) is 4.62. The molecule has 0 N–H and O–H groups in total. The Morgan fingerprint density at radius 2 is 0.704 bits per heavy atom. The zero-order chi connectivity index (χ0) is 21.0. The van der Waals surface area contributed by atoms with Crippen molar-refractivity contribution in [2.75, 3.05) is 0 Å². The van der Waals surface area contributed by atoms with Gasteiger partial charge in [-0.25, -0.2) is 26.3 Å². The molecule has 0 aromatic heterocycles. The van der Waals surface area contributed by atoms with Crippen LogP contribution < -0.4 is 0 Å². The summed E-state index contributed by atoms with van der Waals surface area (Å²) in [7, 11) is 0. The van der Waals surface area contributed by atoms with Crippen LogP contribution in [0.15, 0.2) is 33.9 Å². The lowest BCUT2D eigenvalue weighted by Gasteiger charge is -2.54. The second-order valence-corrected chi connectivity index (χ2v) is 6.99. The van der Waals surface area contributed by atoms with Gasteiger partial charge >= 0.3 is 17.8 Å². The van der Waals surface area contributed by atoms with Gasteiger partial charge in [0.15, 0.2) is 11.7 Å². The average molecular weight is 414 g/mol. The van der Waals surface area contributed by atoms with E-state index in [0.29, 0.717) is 13.8 Å². The molecular formula is C15H6F12. The molecule has 0 saturated heterocycles. The molecule has 27 heavy (non-hydrogen) atoms. The maximum atomic E-state index is 15.3. The zero-order valence-electron chi connectivity index (χ0n) is 13.0. The molecule has 0 heterocycles. The van der Waals surface area contributed by atoms with E-state index in [9.17, 15) is 35.1 Å². The van der Waals surface area contributed by atoms with Crippen LogP contribution in [0.4, 0.5) is 52.7 Å². The summed E-state index contributed by atoms with van der Waals surface area (Å²) in [5, 5.41) is 0. The van der Waals surface area contributed by atoms with Gasteiger partial charge < -0.3 is 0 Å². The monoisotopic (exact) mass is 414 g/mol. The molecule has 4 atom stereocenters. The highest BCUT2D eigenvalue weighted by Crippen LogP contribution is 2.81. The van der Waals surface area contributed by atoms with E-state index in [2.05, 4.69) is 0 Å². The molecule has 0 fully saturated rings. The summed E-state index contributed by atoms with van der Waals surface area (Å²) in [5.41, 5.74) is -30.1. The fourth-order valence-corrected chi connectivity index (χ4v) is 4.62. The van der Waals surface area contributed by atoms with Gasteiger partial charge in [0.1, 0.15) is 0 Å². The second kappa shape index (κ2) is 3.91. The van der Waals surface area contributed by atoms with E-state index in [0.717, 1.165) is 0 Å². The van der Waals surface area contributed by atoms with Crippen molar-refractivity contribution < 1.29 is 52.7 Å². The van der Waals surface area contributed by atoms with E-state index in [-0.39, 0.29) is 0 Å². The molecule has 0 aromatic rings. The molecule has 0 radical (unpaired) electrons. The molecule has 150 valence electrons. The molecule has 0 saturated carbocycles. The Morgan fingerprint density at radius 3 is 0.963 bits per heavy atom. The van der Waals surface area contributed by atoms with E-state index in [4.69, 9.17) is 0 Å². The van der Waals surface area contributed by atoms with Crippen molar-refractivity contribution in [1.29, 1.82) is 0 Å². The molecule has 0 amide bonds. The zero-order valence-corrected chi connectivity index (χ0v) is 13.0. The molecule has 0 aromatic carbocycles. The lowest BCUT2D eigenvalue weighted by molar-refractivity contribution is -0.316. The summed E-state index contributed by atoms with van der Waals surface area (Å²) in [4.78, 5) is 0. The van der Waals surface area contributed by atoms with Crippen LogP contribution in [0.5, 0.6) is 0 Å². The first-order valence-electron chi connectivity index (χ1n) is 7.27. The van der Waals surface area contributed by atoms with Crippen molar-refractivity contribution in [3.63, 3.8) is 0 Å². The average Bonchev–Trinajstić information content (AvgIpc) is 2.77. The van der Waals surface area contributed by atoms with E-state index >= 15 is 17.6 Å². The summed E-state index contributed by atoms with van der Waals surface area (Å²) < 4.78 is 174. The van der Waals surface area contributed by atoms with Crippen molar-refractivity contribution in [3.8, 4) is 0 Å². The largest absolute Gasteiger partial charge is 0.358 e. The summed E-state index contributed by atoms with van der Waals surface area (Å²) in [6.45, 7) is 0.804. The van der Waals surface area contributed by atoms with Gasteiger partial charge in [-0.1, -0.05) is 0 Å². The Hall–Kier alpha value is -1.62. The topological polar surface area (TPSA) is 0 Å². The first kappa shape index (κ1) is 18.7. The van der Waals surface area contributed by atoms with Gasteiger partial charge in [-0.05, 0) is 25.0 Å². The summed E-state index contributed by atoms with van der Waals surface area (Å²) in [6.07, 6.45) is 0. The van der Waals surface area contributed by atoms with Crippen molar-refractivity contribution in [2.45, 2.75) is 54.3 Å². The molecule has 0 unspecified atom stereocenters. The molecule has 0 nitrogen and oxygen atoms in total. The maximum absolute atomic E-state index is 15.3. The number of allylic oxidation sites excluding steroid dienone is 6. The number of fused-ring (bicyclic) bond motifs is 3. The summed E-state index contributed by atoms with van der Waals surface area (Å²) in [6, 6.07) is 0. The lowest BCUT2D eigenvalue weighted by Crippen LogP contribution is -2.75. The molecule has 5 rings (SSSR count). The molecule has 0 spiro atoms. The normalized spacial score (nSPS) is 48.7. The van der Waals surface area contributed by atoms with Gasteiger partial charge in [0.05, 0.1) is 0 Å². The Morgan fingerprint density at radius 1 is 0.444 bits per heavy atom. The van der Waals surface area contributed by atoms with Gasteiger partial charge in [0.2, 0.25) is 11.3 Å². The van der Waals surface area contributed by atoms with E-state index in [1.54, 1.807) is 0 Å². The fraction of sp³-hybridized carbons (Fsp3) is 0.600. The Bertz CT molecular complexity index is 855. The van der Waals surface area contributed by atoms with E-state index < -0.39 is 74.4 Å². The van der Waals surface area contributed by atoms with Crippen LogP contribution in [0, 0.1) is 0 Å². The third-order valence-corrected chi connectivity index (χ3v) is 6.15. The van der Waals surface area contributed by atoms with Crippen molar-refractivity contribution in [2.24, 2.45) is 0 Å². The first-order chi connectivity index (χ1) is 11.9. The molecule has 4 bridgehead atoms. The van der Waals surface area contributed by atoms with Crippen molar-refractivity contribution in [3.05, 3.63) is 33.9 Å². The molecule has 12 heteroatoms. The van der Waals surface area contributed by atoms with Gasteiger partial charge in [0, 0.05) is 11.1 Å². The lowest BCUT2D eigenvalue weighted by atomic mass is 9.57. The van der Waals surface area contributed by atoms with Gasteiger partial charge in [-0.2, -0.15) is 26.3 Å². The van der Waals surface area contributed by atoms with E-state index in [1.807, 2.05) is 0 Å².